The van der Waals surface area contributed by atoms with Crippen LogP contribution in [0.5, 0.6) is 0 Å². The monoisotopic (exact) mass is 474 g/mol. The lowest BCUT2D eigenvalue weighted by Gasteiger charge is -2.31. The first-order valence-electron chi connectivity index (χ1n) is 10.9. The maximum atomic E-state index is 13.5. The molecule has 0 amide bonds. The summed E-state index contributed by atoms with van der Waals surface area (Å²) in [6.45, 7) is 2.49. The van der Waals surface area contributed by atoms with Crippen molar-refractivity contribution in [1.29, 1.82) is 0 Å². The van der Waals surface area contributed by atoms with Gasteiger partial charge in [-0.15, -0.1) is 5.92 Å². The number of hydrogen-bond donors (Lipinski definition) is 1. The molecule has 4 rings (SSSR count). The molecule has 34 heavy (non-hydrogen) atoms. The molecule has 8 nitrogen and oxygen atoms in total. The predicted molar refractivity (Wildman–Crippen MR) is 123 cm³/mol. The minimum Gasteiger partial charge on any atom is -0.341 e. The van der Waals surface area contributed by atoms with Gasteiger partial charge in [-0.05, 0) is 31.4 Å². The molecule has 3 aromatic rings. The lowest BCUT2D eigenvalue weighted by atomic mass is 10.1. The Balaban J connectivity index is 1.93. The van der Waals surface area contributed by atoms with Crippen molar-refractivity contribution in [2.75, 3.05) is 18.0 Å². The molecule has 1 fully saturated rings. The minimum atomic E-state index is -4.62. The summed E-state index contributed by atoms with van der Waals surface area (Å²) in [5.41, 5.74) is 3.88. The number of halogens is 3. The Morgan fingerprint density at radius 1 is 1.21 bits per heavy atom. The van der Waals surface area contributed by atoms with Crippen LogP contribution in [-0.2, 0) is 26.3 Å². The highest BCUT2D eigenvalue weighted by atomic mass is 19.4. The van der Waals surface area contributed by atoms with Crippen molar-refractivity contribution in [3.8, 4) is 11.8 Å². The number of piperidine rings is 1. The average molecular weight is 474 g/mol. The lowest BCUT2D eigenvalue weighted by molar-refractivity contribution is -0.138. The summed E-state index contributed by atoms with van der Waals surface area (Å²) in [5, 5.41) is 0. The SMILES string of the molecule is CC#CCn1c(N2CCCC(N)C2)nc2c1c(=O)n(Cc1ccccc1C(F)(F)F)c(=O)n2C. The molecule has 1 atom stereocenters. The number of fused-ring (bicyclic) bond motifs is 1. The van der Waals surface area contributed by atoms with Gasteiger partial charge in [-0.3, -0.25) is 18.5 Å². The molecule has 0 saturated carbocycles. The standard InChI is InChI=1S/C23H25F3N6O2/c1-3-4-12-31-18-19(28-21(31)30-11-7-9-16(27)14-30)29(2)22(34)32(20(18)33)13-15-8-5-6-10-17(15)23(24,25)26/h5-6,8,10,16H,7,9,11-14,27H2,1-2H3. The van der Waals surface area contributed by atoms with Gasteiger partial charge in [0.1, 0.15) is 0 Å². The van der Waals surface area contributed by atoms with Crippen LogP contribution in [0.3, 0.4) is 0 Å². The number of nitrogens with zero attached hydrogens (tertiary/aromatic N) is 5. The summed E-state index contributed by atoms with van der Waals surface area (Å²) in [4.78, 5) is 33.1. The number of hydrogen-bond acceptors (Lipinski definition) is 5. The van der Waals surface area contributed by atoms with Crippen molar-refractivity contribution in [1.82, 2.24) is 18.7 Å². The van der Waals surface area contributed by atoms with Crippen molar-refractivity contribution < 1.29 is 13.2 Å². The number of aryl methyl sites for hydroxylation is 1. The zero-order valence-corrected chi connectivity index (χ0v) is 18.9. The Morgan fingerprint density at radius 3 is 2.62 bits per heavy atom. The molecule has 2 aromatic heterocycles. The summed E-state index contributed by atoms with van der Waals surface area (Å²) in [6, 6.07) is 4.85. The van der Waals surface area contributed by atoms with Crippen molar-refractivity contribution >= 4 is 17.1 Å². The molecule has 3 heterocycles. The summed E-state index contributed by atoms with van der Waals surface area (Å²) in [7, 11) is 1.45. The highest BCUT2D eigenvalue weighted by Gasteiger charge is 2.33. The van der Waals surface area contributed by atoms with E-state index in [1.54, 1.807) is 11.5 Å². The van der Waals surface area contributed by atoms with Gasteiger partial charge in [0, 0.05) is 26.2 Å². The van der Waals surface area contributed by atoms with Gasteiger partial charge >= 0.3 is 11.9 Å². The Hall–Kier alpha value is -3.52. The molecule has 1 unspecified atom stereocenters. The molecule has 180 valence electrons. The van der Waals surface area contributed by atoms with Gasteiger partial charge in [0.2, 0.25) is 5.95 Å². The molecule has 2 N–H and O–H groups in total. The van der Waals surface area contributed by atoms with Crippen LogP contribution in [0.2, 0.25) is 0 Å². The van der Waals surface area contributed by atoms with Crippen molar-refractivity contribution in [2.24, 2.45) is 12.8 Å². The van der Waals surface area contributed by atoms with Gasteiger partial charge in [-0.2, -0.15) is 18.2 Å². The summed E-state index contributed by atoms with van der Waals surface area (Å²) in [5.74, 6) is 6.18. The fraction of sp³-hybridized carbons (Fsp3) is 0.435. The molecular formula is C23H25F3N6O2. The van der Waals surface area contributed by atoms with E-state index in [4.69, 9.17) is 5.73 Å². The van der Waals surface area contributed by atoms with Crippen LogP contribution in [0.4, 0.5) is 19.1 Å². The van der Waals surface area contributed by atoms with Crippen molar-refractivity contribution in [3.05, 3.63) is 56.2 Å². The van der Waals surface area contributed by atoms with E-state index in [9.17, 15) is 22.8 Å². The van der Waals surface area contributed by atoms with Crippen LogP contribution in [0.25, 0.3) is 11.2 Å². The Morgan fingerprint density at radius 2 is 1.94 bits per heavy atom. The summed E-state index contributed by atoms with van der Waals surface area (Å²) < 4.78 is 44.2. The highest BCUT2D eigenvalue weighted by molar-refractivity contribution is 5.75. The van der Waals surface area contributed by atoms with Crippen LogP contribution in [0.15, 0.2) is 33.9 Å². The molecule has 1 saturated heterocycles. The van der Waals surface area contributed by atoms with E-state index in [0.29, 0.717) is 19.0 Å². The van der Waals surface area contributed by atoms with Gasteiger partial charge in [0.25, 0.3) is 5.56 Å². The van der Waals surface area contributed by atoms with E-state index in [1.165, 1.54) is 29.8 Å². The number of benzene rings is 1. The average Bonchev–Trinajstić information content (AvgIpc) is 3.18. The lowest BCUT2D eigenvalue weighted by Crippen LogP contribution is -2.44. The quantitative estimate of drug-likeness (QED) is 0.584. The predicted octanol–water partition coefficient (Wildman–Crippen LogP) is 1.91. The van der Waals surface area contributed by atoms with E-state index in [0.717, 1.165) is 23.5 Å². The third-order valence-corrected chi connectivity index (χ3v) is 6.02. The van der Waals surface area contributed by atoms with Crippen LogP contribution in [0.1, 0.15) is 30.9 Å². The topological polar surface area (TPSA) is 91.1 Å². The second-order valence-corrected chi connectivity index (χ2v) is 8.33. The normalized spacial score (nSPS) is 16.5. The van der Waals surface area contributed by atoms with Crippen LogP contribution >= 0.6 is 0 Å². The van der Waals surface area contributed by atoms with E-state index < -0.39 is 29.5 Å². The second kappa shape index (κ2) is 9.02. The maximum Gasteiger partial charge on any atom is 0.416 e. The van der Waals surface area contributed by atoms with Gasteiger partial charge in [0.05, 0.1) is 18.7 Å². The maximum absolute atomic E-state index is 13.5. The first-order valence-corrected chi connectivity index (χ1v) is 10.9. The molecular weight excluding hydrogens is 449 g/mol. The summed E-state index contributed by atoms with van der Waals surface area (Å²) >= 11 is 0. The molecule has 11 heteroatoms. The molecule has 0 bridgehead atoms. The third-order valence-electron chi connectivity index (χ3n) is 6.02. The first-order chi connectivity index (χ1) is 16.1. The molecule has 1 aliphatic rings. The van der Waals surface area contributed by atoms with Crippen LogP contribution in [-0.4, -0.2) is 37.8 Å². The van der Waals surface area contributed by atoms with Crippen molar-refractivity contribution in [3.63, 3.8) is 0 Å². The number of imidazole rings is 1. The molecule has 0 spiro atoms. The van der Waals surface area contributed by atoms with E-state index in [2.05, 4.69) is 16.8 Å². The van der Waals surface area contributed by atoms with Crippen molar-refractivity contribution in [2.45, 2.75) is 45.1 Å². The molecule has 1 aromatic carbocycles. The fourth-order valence-electron chi connectivity index (χ4n) is 4.35. The van der Waals surface area contributed by atoms with Gasteiger partial charge in [0.15, 0.2) is 11.2 Å². The van der Waals surface area contributed by atoms with E-state index in [-0.39, 0.29) is 29.3 Å². The van der Waals surface area contributed by atoms with Gasteiger partial charge in [-0.1, -0.05) is 24.1 Å². The Labute approximate surface area is 193 Å². The van der Waals surface area contributed by atoms with Crippen LogP contribution in [0, 0.1) is 11.8 Å². The first kappa shape index (κ1) is 23.6. The number of nitrogens with two attached hydrogens (primary N) is 1. The van der Waals surface area contributed by atoms with E-state index in [1.807, 2.05) is 4.90 Å². The highest BCUT2D eigenvalue weighted by Crippen LogP contribution is 2.32. The largest absolute Gasteiger partial charge is 0.416 e. The Kier molecular flexibility index (Phi) is 6.27. The number of aromatic nitrogens is 4. The summed E-state index contributed by atoms with van der Waals surface area (Å²) in [6.07, 6.45) is -2.90. The van der Waals surface area contributed by atoms with E-state index >= 15 is 0 Å². The minimum absolute atomic E-state index is 0.0568. The number of rotatable bonds is 4. The number of alkyl halides is 3. The Bertz CT molecular complexity index is 1410. The zero-order valence-electron chi connectivity index (χ0n) is 18.9. The molecule has 1 aliphatic heterocycles. The van der Waals surface area contributed by atoms with Crippen LogP contribution < -0.4 is 21.9 Å². The second-order valence-electron chi connectivity index (χ2n) is 8.33. The zero-order chi connectivity index (χ0) is 24.6. The van der Waals surface area contributed by atoms with Gasteiger partial charge in [-0.25, -0.2) is 4.79 Å². The molecule has 0 radical (unpaired) electrons. The number of anilines is 1. The smallest absolute Gasteiger partial charge is 0.341 e. The van der Waals surface area contributed by atoms with Gasteiger partial charge < -0.3 is 10.6 Å². The fourth-order valence-corrected chi connectivity index (χ4v) is 4.35. The molecule has 0 aliphatic carbocycles. The third kappa shape index (κ3) is 4.21.